The Morgan fingerprint density at radius 3 is 2.56 bits per heavy atom. The molecule has 1 aliphatic heterocycles. The fourth-order valence-corrected chi connectivity index (χ4v) is 2.65. The third-order valence-corrected chi connectivity index (χ3v) is 4.01. The Morgan fingerprint density at radius 1 is 1.44 bits per heavy atom. The highest BCUT2D eigenvalue weighted by atomic mass is 16.4. The monoisotopic (exact) mass is 256 g/mol. The second-order valence-corrected chi connectivity index (χ2v) is 6.59. The Bertz CT molecular complexity index is 290. The van der Waals surface area contributed by atoms with Crippen molar-refractivity contribution in [1.29, 1.82) is 0 Å². The van der Waals surface area contributed by atoms with Crippen molar-refractivity contribution >= 4 is 5.97 Å². The van der Waals surface area contributed by atoms with Crippen molar-refractivity contribution in [3.63, 3.8) is 0 Å². The number of carboxylic acids is 1. The predicted molar refractivity (Wildman–Crippen MR) is 73.8 cm³/mol. The van der Waals surface area contributed by atoms with E-state index >= 15 is 0 Å². The van der Waals surface area contributed by atoms with Gasteiger partial charge in [0.2, 0.25) is 0 Å². The Morgan fingerprint density at radius 2 is 2.06 bits per heavy atom. The fourth-order valence-electron chi connectivity index (χ4n) is 2.65. The first-order valence-electron chi connectivity index (χ1n) is 6.89. The van der Waals surface area contributed by atoms with Gasteiger partial charge in [0.25, 0.3) is 0 Å². The second-order valence-electron chi connectivity index (χ2n) is 6.59. The van der Waals surface area contributed by atoms with Gasteiger partial charge in [0, 0.05) is 24.7 Å². The quantitative estimate of drug-likeness (QED) is 0.816. The molecule has 0 radical (unpaired) electrons. The van der Waals surface area contributed by atoms with Crippen molar-refractivity contribution in [2.75, 3.05) is 26.7 Å². The van der Waals surface area contributed by atoms with E-state index in [-0.39, 0.29) is 18.0 Å². The van der Waals surface area contributed by atoms with E-state index in [1.54, 1.807) is 0 Å². The molecule has 106 valence electrons. The Kier molecular flexibility index (Phi) is 5.17. The van der Waals surface area contributed by atoms with Crippen LogP contribution in [0.4, 0.5) is 0 Å². The van der Waals surface area contributed by atoms with Gasteiger partial charge >= 0.3 is 5.97 Å². The minimum absolute atomic E-state index is 0.0509. The Labute approximate surface area is 111 Å². The summed E-state index contributed by atoms with van der Waals surface area (Å²) in [6, 6.07) is 0.124. The van der Waals surface area contributed by atoms with E-state index in [0.29, 0.717) is 5.92 Å². The molecule has 0 saturated carbocycles. The molecule has 1 atom stereocenters. The average molecular weight is 256 g/mol. The van der Waals surface area contributed by atoms with Crippen molar-refractivity contribution < 1.29 is 9.90 Å². The van der Waals surface area contributed by atoms with Crippen LogP contribution < -0.4 is 0 Å². The highest BCUT2D eigenvalue weighted by Crippen LogP contribution is 2.25. The molecule has 0 aliphatic carbocycles. The van der Waals surface area contributed by atoms with Crippen molar-refractivity contribution in [3.8, 4) is 0 Å². The number of rotatable bonds is 5. The molecule has 1 aliphatic rings. The molecule has 1 N–H and O–H groups in total. The molecule has 0 spiro atoms. The van der Waals surface area contributed by atoms with Gasteiger partial charge in [-0.05, 0) is 39.8 Å². The molecule has 0 amide bonds. The molecule has 0 bridgehead atoms. The lowest BCUT2D eigenvalue weighted by atomic mass is 9.93. The Hall–Kier alpha value is -0.610. The van der Waals surface area contributed by atoms with Crippen LogP contribution in [-0.2, 0) is 4.79 Å². The van der Waals surface area contributed by atoms with Crippen LogP contribution in [0.2, 0.25) is 0 Å². The van der Waals surface area contributed by atoms with Gasteiger partial charge in [0.15, 0.2) is 0 Å². The number of carboxylic acid groups (broad SMARTS) is 1. The number of nitrogens with zero attached hydrogens (tertiary/aromatic N) is 2. The molecule has 1 fully saturated rings. The highest BCUT2D eigenvalue weighted by molar-refractivity contribution is 5.67. The molecular weight excluding hydrogens is 228 g/mol. The first-order valence-corrected chi connectivity index (χ1v) is 6.89. The second kappa shape index (κ2) is 6.02. The molecule has 1 heterocycles. The van der Waals surface area contributed by atoms with E-state index in [2.05, 4.69) is 37.5 Å². The number of piperazine rings is 1. The zero-order chi connectivity index (χ0) is 13.9. The SMILES string of the molecule is CC(C)CCN1CC(CC(=O)O)N(C)C(C)(C)C1. The topological polar surface area (TPSA) is 43.8 Å². The molecule has 0 aromatic rings. The van der Waals surface area contributed by atoms with Crippen LogP contribution in [0.5, 0.6) is 0 Å². The standard InChI is InChI=1S/C14H28N2O2/c1-11(2)6-7-16-9-12(8-13(17)18)15(5)14(3,4)10-16/h11-12H,6-10H2,1-5H3,(H,17,18). The third-order valence-electron chi connectivity index (χ3n) is 4.01. The summed E-state index contributed by atoms with van der Waals surface area (Å²) >= 11 is 0. The van der Waals surface area contributed by atoms with Gasteiger partial charge in [-0.3, -0.25) is 14.6 Å². The van der Waals surface area contributed by atoms with Crippen LogP contribution in [0.25, 0.3) is 0 Å². The summed E-state index contributed by atoms with van der Waals surface area (Å²) in [6.07, 6.45) is 1.41. The van der Waals surface area contributed by atoms with E-state index in [0.717, 1.165) is 19.6 Å². The van der Waals surface area contributed by atoms with Crippen molar-refractivity contribution in [1.82, 2.24) is 9.80 Å². The molecule has 4 heteroatoms. The van der Waals surface area contributed by atoms with Crippen LogP contribution in [0.3, 0.4) is 0 Å². The number of aliphatic carboxylic acids is 1. The summed E-state index contributed by atoms with van der Waals surface area (Å²) in [5, 5.41) is 9.01. The number of hydrogen-bond acceptors (Lipinski definition) is 3. The largest absolute Gasteiger partial charge is 0.481 e. The highest BCUT2D eigenvalue weighted by Gasteiger charge is 2.37. The maximum Gasteiger partial charge on any atom is 0.304 e. The van der Waals surface area contributed by atoms with Crippen molar-refractivity contribution in [2.24, 2.45) is 5.92 Å². The Balaban J connectivity index is 2.65. The summed E-state index contributed by atoms with van der Waals surface area (Å²) in [5.41, 5.74) is 0.0509. The summed E-state index contributed by atoms with van der Waals surface area (Å²) in [7, 11) is 2.05. The molecule has 1 rings (SSSR count). The lowest BCUT2D eigenvalue weighted by molar-refractivity contribution is -0.140. The van der Waals surface area contributed by atoms with Gasteiger partial charge in [-0.2, -0.15) is 0 Å². The van der Waals surface area contributed by atoms with Crippen molar-refractivity contribution in [2.45, 2.75) is 52.1 Å². The van der Waals surface area contributed by atoms with Crippen molar-refractivity contribution in [3.05, 3.63) is 0 Å². The van der Waals surface area contributed by atoms with E-state index in [1.807, 2.05) is 7.05 Å². The van der Waals surface area contributed by atoms with Gasteiger partial charge in [0.05, 0.1) is 6.42 Å². The van der Waals surface area contributed by atoms with Gasteiger partial charge in [-0.15, -0.1) is 0 Å². The molecule has 0 aromatic heterocycles. The van der Waals surface area contributed by atoms with Crippen LogP contribution >= 0.6 is 0 Å². The molecular formula is C14H28N2O2. The number of hydrogen-bond donors (Lipinski definition) is 1. The number of likely N-dealkylation sites (N-methyl/N-ethyl adjacent to an activating group) is 1. The normalized spacial score (nSPS) is 25.6. The molecule has 1 saturated heterocycles. The zero-order valence-electron chi connectivity index (χ0n) is 12.4. The van der Waals surface area contributed by atoms with Crippen LogP contribution in [0.15, 0.2) is 0 Å². The van der Waals surface area contributed by atoms with Gasteiger partial charge < -0.3 is 5.11 Å². The lowest BCUT2D eigenvalue weighted by Crippen LogP contribution is -2.62. The minimum Gasteiger partial charge on any atom is -0.481 e. The van der Waals surface area contributed by atoms with Gasteiger partial charge in [-0.25, -0.2) is 0 Å². The zero-order valence-corrected chi connectivity index (χ0v) is 12.4. The third kappa shape index (κ3) is 4.25. The maximum absolute atomic E-state index is 11.0. The summed E-state index contributed by atoms with van der Waals surface area (Å²) in [6.45, 7) is 11.8. The van der Waals surface area contributed by atoms with Gasteiger partial charge in [0.1, 0.15) is 0 Å². The molecule has 0 aromatic carbocycles. The molecule has 4 nitrogen and oxygen atoms in total. The van der Waals surface area contributed by atoms with E-state index in [4.69, 9.17) is 5.11 Å². The summed E-state index contributed by atoms with van der Waals surface area (Å²) < 4.78 is 0. The fraction of sp³-hybridized carbons (Fsp3) is 0.929. The molecule has 1 unspecified atom stereocenters. The van der Waals surface area contributed by atoms with E-state index in [9.17, 15) is 4.79 Å². The van der Waals surface area contributed by atoms with Crippen LogP contribution in [0, 0.1) is 5.92 Å². The smallest absolute Gasteiger partial charge is 0.304 e. The lowest BCUT2D eigenvalue weighted by Gasteiger charge is -2.50. The predicted octanol–water partition coefficient (Wildman–Crippen LogP) is 1.90. The minimum atomic E-state index is -0.701. The van der Waals surface area contributed by atoms with Gasteiger partial charge in [-0.1, -0.05) is 13.8 Å². The summed E-state index contributed by atoms with van der Waals surface area (Å²) in [4.78, 5) is 15.6. The number of carbonyl (C=O) groups is 1. The maximum atomic E-state index is 11.0. The van der Waals surface area contributed by atoms with E-state index < -0.39 is 5.97 Å². The van der Waals surface area contributed by atoms with E-state index in [1.165, 1.54) is 6.42 Å². The van der Waals surface area contributed by atoms with Crippen LogP contribution in [0.1, 0.15) is 40.5 Å². The first kappa shape index (κ1) is 15.4. The first-order chi connectivity index (χ1) is 8.22. The molecule has 18 heavy (non-hydrogen) atoms. The van der Waals surface area contributed by atoms with Crippen LogP contribution in [-0.4, -0.2) is 59.1 Å². The summed E-state index contributed by atoms with van der Waals surface area (Å²) in [5.74, 6) is -0.000878. The average Bonchev–Trinajstić information content (AvgIpc) is 2.21.